The van der Waals surface area contributed by atoms with Crippen LogP contribution in [0.25, 0.3) is 10.9 Å². The number of ether oxygens (including phenoxy) is 1. The summed E-state index contributed by atoms with van der Waals surface area (Å²) in [6.45, 7) is 2.47. The molecule has 0 saturated carbocycles. The number of aromatic nitrogens is 2. The molecule has 2 aromatic heterocycles. The number of halogens is 1. The number of nitrogens with zero attached hydrogens (tertiary/aromatic N) is 3. The number of fused-ring (bicyclic) bond motifs is 1. The maximum absolute atomic E-state index is 13.8. The van der Waals surface area contributed by atoms with E-state index in [2.05, 4.69) is 14.9 Å². The fourth-order valence-corrected chi connectivity index (χ4v) is 6.03. The molecule has 0 aliphatic carbocycles. The first-order valence-corrected chi connectivity index (χ1v) is 13.7. The summed E-state index contributed by atoms with van der Waals surface area (Å²) in [5.41, 5.74) is 1.62. The highest BCUT2D eigenvalue weighted by Gasteiger charge is 2.31. The van der Waals surface area contributed by atoms with Crippen molar-refractivity contribution in [1.29, 1.82) is 0 Å². The average molecular weight is 528 g/mol. The van der Waals surface area contributed by atoms with E-state index in [0.717, 1.165) is 61.1 Å². The highest BCUT2D eigenvalue weighted by atomic mass is 32.2. The van der Waals surface area contributed by atoms with Crippen LogP contribution in [0, 0.1) is 17.7 Å². The molecular weight excluding hydrogens is 493 g/mol. The molecule has 1 aromatic carbocycles. The van der Waals surface area contributed by atoms with E-state index < -0.39 is 12.1 Å². The van der Waals surface area contributed by atoms with Crippen molar-refractivity contribution in [2.75, 3.05) is 32.5 Å². The number of carboxylic acid groups (broad SMARTS) is 1. The van der Waals surface area contributed by atoms with Crippen LogP contribution in [0.3, 0.4) is 0 Å². The van der Waals surface area contributed by atoms with Gasteiger partial charge in [-0.1, -0.05) is 0 Å². The second-order valence-corrected chi connectivity index (χ2v) is 10.7. The van der Waals surface area contributed by atoms with Crippen molar-refractivity contribution in [1.82, 2.24) is 14.9 Å². The van der Waals surface area contributed by atoms with E-state index in [1.807, 2.05) is 24.3 Å². The van der Waals surface area contributed by atoms with Crippen molar-refractivity contribution in [3.63, 3.8) is 0 Å². The van der Waals surface area contributed by atoms with Gasteiger partial charge in [-0.05, 0) is 92.6 Å². The summed E-state index contributed by atoms with van der Waals surface area (Å²) >= 11 is 1.41. The highest BCUT2D eigenvalue weighted by molar-refractivity contribution is 7.99. The lowest BCUT2D eigenvalue weighted by Crippen LogP contribution is -2.42. The fraction of sp³-hybridized carbons (Fsp3) is 0.464. The highest BCUT2D eigenvalue weighted by Crippen LogP contribution is 2.35. The molecule has 1 aliphatic rings. The number of aliphatic carboxylic acids is 1. The molecule has 37 heavy (non-hydrogen) atoms. The number of likely N-dealkylation sites (tertiary alicyclic amines) is 1. The van der Waals surface area contributed by atoms with Gasteiger partial charge in [-0.25, -0.2) is 9.37 Å². The van der Waals surface area contributed by atoms with Crippen LogP contribution in [0.2, 0.25) is 0 Å². The van der Waals surface area contributed by atoms with Gasteiger partial charge < -0.3 is 19.8 Å². The molecule has 0 amide bonds. The number of carbonyl (C=O) groups is 1. The average Bonchev–Trinajstić information content (AvgIpc) is 2.90. The van der Waals surface area contributed by atoms with Crippen molar-refractivity contribution in [2.45, 2.75) is 43.2 Å². The molecule has 3 heterocycles. The van der Waals surface area contributed by atoms with Gasteiger partial charge in [-0.3, -0.25) is 9.78 Å². The van der Waals surface area contributed by atoms with Gasteiger partial charge in [0.2, 0.25) is 0 Å². The third kappa shape index (κ3) is 7.40. The minimum absolute atomic E-state index is 0.0358. The Bertz CT molecular complexity index is 1200. The van der Waals surface area contributed by atoms with Crippen LogP contribution in [0.1, 0.15) is 43.8 Å². The number of rotatable bonds is 12. The van der Waals surface area contributed by atoms with Gasteiger partial charge in [0, 0.05) is 36.5 Å². The Morgan fingerprint density at radius 1 is 1.24 bits per heavy atom. The Hall–Kier alpha value is -2.75. The first kappa shape index (κ1) is 27.3. The van der Waals surface area contributed by atoms with Gasteiger partial charge in [-0.15, -0.1) is 11.8 Å². The van der Waals surface area contributed by atoms with Gasteiger partial charge in [0.15, 0.2) is 5.82 Å². The summed E-state index contributed by atoms with van der Waals surface area (Å²) in [6.07, 6.45) is 5.86. The third-order valence-electron chi connectivity index (χ3n) is 7.15. The number of aliphatic hydroxyl groups excluding tert-OH is 1. The summed E-state index contributed by atoms with van der Waals surface area (Å²) in [5.74, 6) is 0.664. The summed E-state index contributed by atoms with van der Waals surface area (Å²) < 4.78 is 19.1. The maximum Gasteiger partial charge on any atom is 0.303 e. The zero-order valence-corrected chi connectivity index (χ0v) is 21.9. The van der Waals surface area contributed by atoms with Gasteiger partial charge >= 0.3 is 5.97 Å². The van der Waals surface area contributed by atoms with Gasteiger partial charge in [0.05, 0.1) is 18.7 Å². The maximum atomic E-state index is 13.8. The number of benzene rings is 1. The second-order valence-electron chi connectivity index (χ2n) is 9.58. The third-order valence-corrected chi connectivity index (χ3v) is 8.21. The van der Waals surface area contributed by atoms with E-state index in [0.29, 0.717) is 17.2 Å². The van der Waals surface area contributed by atoms with E-state index in [9.17, 15) is 19.4 Å². The largest absolute Gasteiger partial charge is 0.497 e. The van der Waals surface area contributed by atoms with Gasteiger partial charge in [-0.2, -0.15) is 0 Å². The Balaban J connectivity index is 1.31. The van der Waals surface area contributed by atoms with Crippen LogP contribution in [0.15, 0.2) is 53.8 Å². The molecule has 198 valence electrons. The molecule has 1 saturated heterocycles. The Morgan fingerprint density at radius 3 is 2.89 bits per heavy atom. The molecule has 0 unspecified atom stereocenters. The van der Waals surface area contributed by atoms with Gasteiger partial charge in [0.25, 0.3) is 0 Å². The zero-order chi connectivity index (χ0) is 26.2. The van der Waals surface area contributed by atoms with Gasteiger partial charge in [0.1, 0.15) is 10.8 Å². The molecule has 9 heteroatoms. The Morgan fingerprint density at radius 2 is 2.11 bits per heavy atom. The molecule has 1 fully saturated rings. The van der Waals surface area contributed by atoms with E-state index >= 15 is 0 Å². The minimum Gasteiger partial charge on any atom is -0.497 e. The number of hydrogen-bond donors (Lipinski definition) is 2. The Kier molecular flexibility index (Phi) is 9.71. The van der Waals surface area contributed by atoms with E-state index in [4.69, 9.17) is 4.74 Å². The molecule has 0 spiro atoms. The summed E-state index contributed by atoms with van der Waals surface area (Å²) in [4.78, 5) is 22.4. The lowest BCUT2D eigenvalue weighted by Gasteiger charge is -2.38. The van der Waals surface area contributed by atoms with Crippen LogP contribution in [-0.4, -0.2) is 63.5 Å². The molecule has 1 aliphatic heterocycles. The molecule has 3 aromatic rings. The quantitative estimate of drug-likeness (QED) is 0.246. The molecular formula is C28H34FN3O4S. The molecule has 2 N–H and O–H groups in total. The monoisotopic (exact) mass is 527 g/mol. The van der Waals surface area contributed by atoms with Crippen molar-refractivity contribution < 1.29 is 24.1 Å². The van der Waals surface area contributed by atoms with E-state index in [-0.39, 0.29) is 24.1 Å². The molecule has 0 bridgehead atoms. The molecule has 0 radical (unpaired) electrons. The summed E-state index contributed by atoms with van der Waals surface area (Å²) in [6, 6.07) is 10.5. The number of thioether (sulfide) groups is 1. The standard InChI is InChI=1S/C28H34FN3O4S/c1-36-21-6-7-25-23(17-21)22(9-12-30-25)26(33)8-5-19-10-14-32(18-20(19)16-27(34)35)13-3-15-37-28-24(29)4-2-11-31-28/h2,4,6-7,9,11-12,17,19-20,26,33H,3,5,8,10,13-16,18H2,1H3,(H,34,35)/t19-,20+,26+/m1/s1. The number of hydrogen-bond acceptors (Lipinski definition) is 7. The summed E-state index contributed by atoms with van der Waals surface area (Å²) in [5, 5.41) is 21.9. The second kappa shape index (κ2) is 13.2. The number of carboxylic acids is 1. The number of aliphatic hydroxyl groups is 1. The Labute approximate surface area is 221 Å². The topological polar surface area (TPSA) is 95.8 Å². The lowest BCUT2D eigenvalue weighted by molar-refractivity contribution is -0.139. The zero-order valence-electron chi connectivity index (χ0n) is 21.1. The van der Waals surface area contributed by atoms with Crippen molar-refractivity contribution in [3.05, 3.63) is 60.2 Å². The van der Waals surface area contributed by atoms with Crippen molar-refractivity contribution in [2.24, 2.45) is 11.8 Å². The number of piperidine rings is 1. The normalized spacial score (nSPS) is 19.1. The van der Waals surface area contributed by atoms with Crippen LogP contribution in [-0.2, 0) is 4.79 Å². The van der Waals surface area contributed by atoms with E-state index in [1.54, 1.807) is 25.6 Å². The predicted molar refractivity (Wildman–Crippen MR) is 142 cm³/mol. The van der Waals surface area contributed by atoms with Crippen molar-refractivity contribution in [3.8, 4) is 5.75 Å². The molecule has 3 atom stereocenters. The number of methoxy groups -OCH3 is 1. The van der Waals surface area contributed by atoms with Crippen LogP contribution in [0.5, 0.6) is 5.75 Å². The number of pyridine rings is 2. The van der Waals surface area contributed by atoms with E-state index in [1.165, 1.54) is 17.8 Å². The van der Waals surface area contributed by atoms with Crippen LogP contribution < -0.4 is 4.74 Å². The van der Waals surface area contributed by atoms with Crippen LogP contribution in [0.4, 0.5) is 4.39 Å². The molecule has 4 rings (SSSR count). The minimum atomic E-state index is -0.786. The smallest absolute Gasteiger partial charge is 0.303 e. The van der Waals surface area contributed by atoms with Crippen LogP contribution >= 0.6 is 11.8 Å². The lowest BCUT2D eigenvalue weighted by atomic mass is 9.79. The first-order valence-electron chi connectivity index (χ1n) is 12.7. The SMILES string of the molecule is COc1ccc2nccc([C@@H](O)CC[C@@H]3CCN(CCCSc4ncccc4F)C[C@@H]3CC(=O)O)c2c1. The first-order chi connectivity index (χ1) is 17.9. The fourth-order valence-electron chi connectivity index (χ4n) is 5.22. The summed E-state index contributed by atoms with van der Waals surface area (Å²) in [7, 11) is 1.61. The predicted octanol–water partition coefficient (Wildman–Crippen LogP) is 5.19. The van der Waals surface area contributed by atoms with Crippen molar-refractivity contribution >= 4 is 28.6 Å². The molecule has 7 nitrogen and oxygen atoms in total.